The number of anilines is 3. The van der Waals surface area contributed by atoms with E-state index in [2.05, 4.69) is 30.0 Å². The molecule has 0 saturated carbocycles. The van der Waals surface area contributed by atoms with Crippen LogP contribution in [0, 0.1) is 0 Å². The first-order valence-electron chi connectivity index (χ1n) is 11.1. The lowest BCUT2D eigenvalue weighted by Gasteiger charge is -2.25. The van der Waals surface area contributed by atoms with Crippen molar-refractivity contribution in [3.63, 3.8) is 0 Å². The quantitative estimate of drug-likeness (QED) is 0.304. The SMILES string of the molecule is O=S(=O)(Nc1ncc[nH]1)c1ccc(Nc2nccc(-c3ccc(S(=O)(=O)N4CCCCC4)s3)n2)cc1. The number of hydrogen-bond acceptors (Lipinski definition) is 9. The Morgan fingerprint density at radius 2 is 1.67 bits per heavy atom. The molecule has 0 unspecified atom stereocenters. The molecule has 1 aliphatic rings. The van der Waals surface area contributed by atoms with Crippen LogP contribution in [0.25, 0.3) is 10.6 Å². The summed E-state index contributed by atoms with van der Waals surface area (Å²) in [4.78, 5) is 16.1. The Bertz CT molecular complexity index is 1550. The van der Waals surface area contributed by atoms with Gasteiger partial charge in [-0.3, -0.25) is 0 Å². The molecule has 188 valence electrons. The molecule has 0 aliphatic carbocycles. The van der Waals surface area contributed by atoms with Crippen LogP contribution in [0.3, 0.4) is 0 Å². The Morgan fingerprint density at radius 1 is 0.889 bits per heavy atom. The number of rotatable bonds is 8. The summed E-state index contributed by atoms with van der Waals surface area (Å²) in [7, 11) is -7.30. The maximum absolute atomic E-state index is 13.0. The number of aromatic amines is 1. The number of imidazole rings is 1. The highest BCUT2D eigenvalue weighted by Gasteiger charge is 2.27. The molecule has 14 heteroatoms. The van der Waals surface area contributed by atoms with Crippen molar-refractivity contribution in [3.05, 3.63) is 61.1 Å². The van der Waals surface area contributed by atoms with E-state index in [0.717, 1.165) is 19.3 Å². The van der Waals surface area contributed by atoms with Crippen LogP contribution in [-0.2, 0) is 20.0 Å². The molecule has 36 heavy (non-hydrogen) atoms. The van der Waals surface area contributed by atoms with E-state index >= 15 is 0 Å². The number of nitrogens with one attached hydrogen (secondary N) is 3. The average molecular weight is 546 g/mol. The smallest absolute Gasteiger partial charge is 0.264 e. The summed E-state index contributed by atoms with van der Waals surface area (Å²) in [6.07, 6.45) is 7.36. The monoisotopic (exact) mass is 545 g/mol. The number of H-pyrrole nitrogens is 1. The molecule has 0 bridgehead atoms. The lowest BCUT2D eigenvalue weighted by molar-refractivity contribution is 0.347. The van der Waals surface area contributed by atoms with Crippen molar-refractivity contribution in [1.29, 1.82) is 0 Å². The molecule has 1 fully saturated rings. The van der Waals surface area contributed by atoms with Gasteiger partial charge in [-0.2, -0.15) is 4.31 Å². The number of benzene rings is 1. The van der Waals surface area contributed by atoms with Gasteiger partial charge in [0.15, 0.2) is 0 Å². The van der Waals surface area contributed by atoms with Gasteiger partial charge in [-0.25, -0.2) is 36.5 Å². The zero-order chi connectivity index (χ0) is 25.2. The van der Waals surface area contributed by atoms with Gasteiger partial charge in [0.1, 0.15) is 4.21 Å². The lowest BCUT2D eigenvalue weighted by atomic mass is 10.2. The fourth-order valence-corrected chi connectivity index (χ4v) is 7.66. The molecular weight excluding hydrogens is 522 g/mol. The Kier molecular flexibility index (Phi) is 6.75. The van der Waals surface area contributed by atoms with Crippen molar-refractivity contribution < 1.29 is 16.8 Å². The molecule has 0 amide bonds. The van der Waals surface area contributed by atoms with Gasteiger partial charge in [0.2, 0.25) is 11.9 Å². The highest BCUT2D eigenvalue weighted by atomic mass is 32.2. The van der Waals surface area contributed by atoms with E-state index in [1.165, 1.54) is 35.9 Å². The van der Waals surface area contributed by atoms with Crippen molar-refractivity contribution in [2.24, 2.45) is 0 Å². The Balaban J connectivity index is 1.30. The van der Waals surface area contributed by atoms with Gasteiger partial charge in [-0.05, 0) is 55.3 Å². The van der Waals surface area contributed by atoms with E-state index in [4.69, 9.17) is 0 Å². The molecule has 3 N–H and O–H groups in total. The molecule has 1 saturated heterocycles. The fraction of sp³-hybridized carbons (Fsp3) is 0.227. The number of hydrogen-bond donors (Lipinski definition) is 3. The molecule has 1 aromatic carbocycles. The number of aromatic nitrogens is 4. The molecule has 5 rings (SSSR count). The van der Waals surface area contributed by atoms with Crippen LogP contribution < -0.4 is 10.0 Å². The summed E-state index contributed by atoms with van der Waals surface area (Å²) in [5.74, 6) is 0.425. The van der Waals surface area contributed by atoms with Crippen LogP contribution in [0.1, 0.15) is 19.3 Å². The Labute approximate surface area is 212 Å². The molecular formula is C22H23N7O4S3. The van der Waals surface area contributed by atoms with Crippen LogP contribution in [-0.4, -0.2) is 54.2 Å². The highest BCUT2D eigenvalue weighted by molar-refractivity contribution is 7.92. The second-order valence-corrected chi connectivity index (χ2v) is 13.0. The van der Waals surface area contributed by atoms with E-state index in [1.54, 1.807) is 40.8 Å². The third kappa shape index (κ3) is 5.26. The molecule has 0 radical (unpaired) electrons. The molecule has 1 aliphatic heterocycles. The Morgan fingerprint density at radius 3 is 2.39 bits per heavy atom. The summed E-state index contributed by atoms with van der Waals surface area (Å²) >= 11 is 1.18. The normalized spacial score (nSPS) is 15.0. The summed E-state index contributed by atoms with van der Waals surface area (Å²) in [5, 5.41) is 3.05. The predicted molar refractivity (Wildman–Crippen MR) is 137 cm³/mol. The molecule has 11 nitrogen and oxygen atoms in total. The van der Waals surface area contributed by atoms with Crippen molar-refractivity contribution >= 4 is 49.0 Å². The zero-order valence-corrected chi connectivity index (χ0v) is 21.4. The van der Waals surface area contributed by atoms with Crippen LogP contribution in [0.4, 0.5) is 17.6 Å². The van der Waals surface area contributed by atoms with Crippen LogP contribution in [0.15, 0.2) is 70.2 Å². The number of nitrogens with zero attached hydrogens (tertiary/aromatic N) is 4. The third-order valence-corrected chi connectivity index (χ3v) is 10.4. The second kappa shape index (κ2) is 9.97. The summed E-state index contributed by atoms with van der Waals surface area (Å²) in [6, 6.07) is 11.2. The van der Waals surface area contributed by atoms with E-state index in [-0.39, 0.29) is 10.8 Å². The average Bonchev–Trinajstić information content (AvgIpc) is 3.58. The topological polar surface area (TPSA) is 150 Å². The fourth-order valence-electron chi connectivity index (χ4n) is 3.74. The number of sulfonamides is 2. The number of piperidine rings is 1. The van der Waals surface area contributed by atoms with Crippen molar-refractivity contribution in [1.82, 2.24) is 24.2 Å². The maximum atomic E-state index is 13.0. The van der Waals surface area contributed by atoms with Crippen molar-refractivity contribution in [2.45, 2.75) is 28.4 Å². The zero-order valence-electron chi connectivity index (χ0n) is 19.0. The minimum Gasteiger partial charge on any atom is -0.330 e. The Hall–Kier alpha value is -3.33. The first-order valence-corrected chi connectivity index (χ1v) is 14.9. The molecule has 0 atom stereocenters. The first kappa shape index (κ1) is 24.4. The minimum atomic E-state index is -3.79. The summed E-state index contributed by atoms with van der Waals surface area (Å²) in [5.41, 5.74) is 1.17. The second-order valence-electron chi connectivity index (χ2n) is 8.04. The van der Waals surface area contributed by atoms with Gasteiger partial charge in [-0.15, -0.1) is 11.3 Å². The molecule has 3 aromatic heterocycles. The molecule has 0 spiro atoms. The van der Waals surface area contributed by atoms with E-state index < -0.39 is 20.0 Å². The first-order chi connectivity index (χ1) is 17.3. The van der Waals surface area contributed by atoms with Gasteiger partial charge >= 0.3 is 0 Å². The lowest BCUT2D eigenvalue weighted by Crippen LogP contribution is -2.35. The third-order valence-electron chi connectivity index (χ3n) is 5.55. The van der Waals surface area contributed by atoms with Crippen molar-refractivity contribution in [3.8, 4) is 10.6 Å². The van der Waals surface area contributed by atoms with Crippen LogP contribution in [0.5, 0.6) is 0 Å². The van der Waals surface area contributed by atoms with Crippen LogP contribution >= 0.6 is 11.3 Å². The highest BCUT2D eigenvalue weighted by Crippen LogP contribution is 2.32. The van der Waals surface area contributed by atoms with E-state index in [1.807, 2.05) is 0 Å². The molecule has 4 aromatic rings. The van der Waals surface area contributed by atoms with Gasteiger partial charge in [0.05, 0.1) is 15.5 Å². The summed E-state index contributed by atoms with van der Waals surface area (Å²) < 4.78 is 55.1. The van der Waals surface area contributed by atoms with Gasteiger partial charge in [0.25, 0.3) is 20.0 Å². The van der Waals surface area contributed by atoms with Gasteiger partial charge < -0.3 is 10.3 Å². The minimum absolute atomic E-state index is 0.0696. The predicted octanol–water partition coefficient (Wildman–Crippen LogP) is 3.65. The van der Waals surface area contributed by atoms with Gasteiger partial charge in [0, 0.05) is 37.4 Å². The number of thiophene rings is 1. The summed E-state index contributed by atoms with van der Waals surface area (Å²) in [6.45, 7) is 1.10. The van der Waals surface area contributed by atoms with Gasteiger partial charge in [-0.1, -0.05) is 6.42 Å². The standard InChI is InChI=1S/C22H23N7O4S3/c30-35(31,28-21-24-12-13-25-21)17-6-4-16(5-7-17)26-22-23-11-10-18(27-22)19-8-9-20(34-19)36(32,33)29-14-2-1-3-15-29/h4-13H,1-3,14-15H2,(H,23,26,27)(H2,24,25,28). The van der Waals surface area contributed by atoms with E-state index in [9.17, 15) is 16.8 Å². The van der Waals surface area contributed by atoms with E-state index in [0.29, 0.717) is 39.5 Å². The molecule has 4 heterocycles. The largest absolute Gasteiger partial charge is 0.330 e. The van der Waals surface area contributed by atoms with Crippen molar-refractivity contribution in [2.75, 3.05) is 23.1 Å². The maximum Gasteiger partial charge on any atom is 0.264 e. The van der Waals surface area contributed by atoms with Crippen LogP contribution in [0.2, 0.25) is 0 Å².